The first-order valence-electron chi connectivity index (χ1n) is 6.43. The number of aromatic nitrogens is 5. The molecule has 0 saturated carbocycles. The topological polar surface area (TPSA) is 69.6 Å². The highest BCUT2D eigenvalue weighted by atomic mass is 16.5. The van der Waals surface area contributed by atoms with Crippen LogP contribution in [-0.2, 0) is 7.05 Å². The molecule has 0 fully saturated rings. The molecule has 0 saturated heterocycles. The fourth-order valence-corrected chi connectivity index (χ4v) is 2.05. The smallest absolute Gasteiger partial charge is 0.261 e. The van der Waals surface area contributed by atoms with Gasteiger partial charge >= 0.3 is 0 Å². The highest BCUT2D eigenvalue weighted by molar-refractivity contribution is 5.60. The lowest BCUT2D eigenvalue weighted by Crippen LogP contribution is -1.93. The number of nitrogens with zero attached hydrogens (tertiary/aromatic N) is 5. The van der Waals surface area contributed by atoms with Crippen LogP contribution >= 0.6 is 0 Å². The summed E-state index contributed by atoms with van der Waals surface area (Å²) < 4.78 is 7.14. The molecule has 0 aliphatic rings. The molecule has 102 valence electrons. The first kappa shape index (κ1) is 12.5. The van der Waals surface area contributed by atoms with Crippen LogP contribution in [-0.4, -0.2) is 24.9 Å². The van der Waals surface area contributed by atoms with Crippen molar-refractivity contribution in [1.29, 1.82) is 0 Å². The summed E-state index contributed by atoms with van der Waals surface area (Å²) in [5.74, 6) is 1.34. The van der Waals surface area contributed by atoms with E-state index < -0.39 is 0 Å². The monoisotopic (exact) mass is 269 g/mol. The number of pyridine rings is 1. The van der Waals surface area contributed by atoms with E-state index in [9.17, 15) is 0 Å². The molecule has 0 N–H and O–H groups in total. The molecule has 3 aromatic heterocycles. The van der Waals surface area contributed by atoms with Gasteiger partial charge in [0.25, 0.3) is 5.89 Å². The van der Waals surface area contributed by atoms with Gasteiger partial charge in [0.15, 0.2) is 0 Å². The highest BCUT2D eigenvalue weighted by Crippen LogP contribution is 2.28. The van der Waals surface area contributed by atoms with Crippen molar-refractivity contribution in [3.8, 4) is 22.8 Å². The Morgan fingerprint density at radius 1 is 1.20 bits per heavy atom. The van der Waals surface area contributed by atoms with Gasteiger partial charge in [0.1, 0.15) is 0 Å². The molecule has 0 unspecified atom stereocenters. The lowest BCUT2D eigenvalue weighted by Gasteiger charge is -2.00. The predicted octanol–water partition coefficient (Wildman–Crippen LogP) is 2.66. The normalized spacial score (nSPS) is 11.2. The van der Waals surface area contributed by atoms with Gasteiger partial charge in [-0.1, -0.05) is 19.0 Å². The van der Waals surface area contributed by atoms with Crippen LogP contribution < -0.4 is 0 Å². The Bertz CT molecular complexity index is 714. The van der Waals surface area contributed by atoms with E-state index in [1.807, 2.05) is 25.4 Å². The molecule has 0 amide bonds. The summed E-state index contributed by atoms with van der Waals surface area (Å²) in [4.78, 5) is 8.43. The molecular formula is C14H15N5O. The van der Waals surface area contributed by atoms with E-state index in [0.29, 0.717) is 17.6 Å². The number of aryl methyl sites for hydroxylation is 1. The third kappa shape index (κ3) is 2.20. The Morgan fingerprint density at radius 2 is 1.95 bits per heavy atom. The minimum atomic E-state index is 0.294. The predicted molar refractivity (Wildman–Crippen MR) is 73.8 cm³/mol. The Kier molecular flexibility index (Phi) is 3.06. The van der Waals surface area contributed by atoms with Gasteiger partial charge in [0.05, 0.1) is 11.3 Å². The van der Waals surface area contributed by atoms with Gasteiger partial charge in [-0.3, -0.25) is 9.67 Å². The van der Waals surface area contributed by atoms with Gasteiger partial charge in [-0.2, -0.15) is 10.1 Å². The maximum absolute atomic E-state index is 5.37. The number of hydrogen-bond donors (Lipinski definition) is 0. The average Bonchev–Trinajstić information content (AvgIpc) is 3.06. The fraction of sp³-hybridized carbons (Fsp3) is 0.286. The minimum absolute atomic E-state index is 0.294. The van der Waals surface area contributed by atoms with E-state index in [1.165, 1.54) is 0 Å². The van der Waals surface area contributed by atoms with Crippen LogP contribution in [0.5, 0.6) is 0 Å². The van der Waals surface area contributed by atoms with E-state index in [1.54, 1.807) is 17.1 Å². The van der Waals surface area contributed by atoms with Crippen LogP contribution in [0.15, 0.2) is 35.2 Å². The molecule has 6 heteroatoms. The second kappa shape index (κ2) is 4.88. The van der Waals surface area contributed by atoms with Crippen LogP contribution in [0, 0.1) is 0 Å². The maximum atomic E-state index is 5.37. The molecule has 3 aromatic rings. The van der Waals surface area contributed by atoms with Crippen molar-refractivity contribution < 1.29 is 4.52 Å². The molecule has 0 atom stereocenters. The van der Waals surface area contributed by atoms with Gasteiger partial charge in [-0.25, -0.2) is 0 Å². The summed E-state index contributed by atoms with van der Waals surface area (Å²) in [5, 5.41) is 8.47. The van der Waals surface area contributed by atoms with Crippen LogP contribution in [0.25, 0.3) is 22.8 Å². The van der Waals surface area contributed by atoms with E-state index in [-0.39, 0.29) is 0 Å². The molecule has 3 rings (SSSR count). The van der Waals surface area contributed by atoms with Crippen molar-refractivity contribution in [2.75, 3.05) is 0 Å². The van der Waals surface area contributed by atoms with Crippen molar-refractivity contribution >= 4 is 0 Å². The third-order valence-electron chi connectivity index (χ3n) is 3.00. The van der Waals surface area contributed by atoms with E-state index in [4.69, 9.17) is 4.52 Å². The quantitative estimate of drug-likeness (QED) is 0.731. The van der Waals surface area contributed by atoms with Crippen LogP contribution in [0.4, 0.5) is 0 Å². The zero-order valence-electron chi connectivity index (χ0n) is 11.6. The number of hydrogen-bond acceptors (Lipinski definition) is 5. The molecule has 20 heavy (non-hydrogen) atoms. The lowest BCUT2D eigenvalue weighted by molar-refractivity contribution is 0.431. The molecule has 0 radical (unpaired) electrons. The summed E-state index contributed by atoms with van der Waals surface area (Å²) in [6.07, 6.45) is 5.31. The van der Waals surface area contributed by atoms with Gasteiger partial charge in [-0.05, 0) is 18.1 Å². The molecule has 6 nitrogen and oxygen atoms in total. The van der Waals surface area contributed by atoms with Crippen LogP contribution in [0.2, 0.25) is 0 Å². The number of rotatable bonds is 3. The van der Waals surface area contributed by atoms with Gasteiger partial charge < -0.3 is 4.52 Å². The Labute approximate surface area is 116 Å². The SMILES string of the molecule is CC(C)c1nn(C)cc1-c1nc(-c2ccncc2)no1. The summed E-state index contributed by atoms with van der Waals surface area (Å²) in [6, 6.07) is 3.70. The summed E-state index contributed by atoms with van der Waals surface area (Å²) in [6.45, 7) is 4.18. The van der Waals surface area contributed by atoms with Crippen molar-refractivity contribution in [1.82, 2.24) is 24.9 Å². The summed E-state index contributed by atoms with van der Waals surface area (Å²) in [7, 11) is 1.88. The Morgan fingerprint density at radius 3 is 2.65 bits per heavy atom. The van der Waals surface area contributed by atoms with Crippen molar-refractivity contribution in [2.45, 2.75) is 19.8 Å². The van der Waals surface area contributed by atoms with Gasteiger partial charge in [0.2, 0.25) is 5.82 Å². The first-order chi connectivity index (χ1) is 9.65. The zero-order chi connectivity index (χ0) is 14.1. The molecule has 0 aromatic carbocycles. The summed E-state index contributed by atoms with van der Waals surface area (Å²) in [5.41, 5.74) is 2.72. The Balaban J connectivity index is 2.03. The van der Waals surface area contributed by atoms with Crippen molar-refractivity contribution in [2.24, 2.45) is 7.05 Å². The molecule has 0 spiro atoms. The average molecular weight is 269 g/mol. The van der Waals surface area contributed by atoms with E-state index >= 15 is 0 Å². The highest BCUT2D eigenvalue weighted by Gasteiger charge is 2.19. The third-order valence-corrected chi connectivity index (χ3v) is 3.00. The molecule has 3 heterocycles. The molecule has 0 bridgehead atoms. The molecule has 0 aliphatic carbocycles. The minimum Gasteiger partial charge on any atom is -0.333 e. The zero-order valence-corrected chi connectivity index (χ0v) is 11.6. The van der Waals surface area contributed by atoms with Crippen molar-refractivity contribution in [3.63, 3.8) is 0 Å². The molecular weight excluding hydrogens is 254 g/mol. The Hall–Kier alpha value is -2.50. The van der Waals surface area contributed by atoms with E-state index in [0.717, 1.165) is 16.8 Å². The second-order valence-corrected chi connectivity index (χ2v) is 4.92. The first-order valence-corrected chi connectivity index (χ1v) is 6.43. The standard InChI is InChI=1S/C14H15N5O/c1-9(2)12-11(8-19(3)17-12)14-16-13(18-20-14)10-4-6-15-7-5-10/h4-9H,1-3H3. The van der Waals surface area contributed by atoms with Crippen LogP contribution in [0.1, 0.15) is 25.5 Å². The molecule has 0 aliphatic heterocycles. The van der Waals surface area contributed by atoms with Crippen molar-refractivity contribution in [3.05, 3.63) is 36.4 Å². The maximum Gasteiger partial charge on any atom is 0.261 e. The summed E-state index contributed by atoms with van der Waals surface area (Å²) >= 11 is 0. The van der Waals surface area contributed by atoms with Gasteiger partial charge in [0, 0.05) is 31.2 Å². The fourth-order valence-electron chi connectivity index (χ4n) is 2.05. The largest absolute Gasteiger partial charge is 0.333 e. The van der Waals surface area contributed by atoms with Crippen LogP contribution in [0.3, 0.4) is 0 Å². The second-order valence-electron chi connectivity index (χ2n) is 4.92. The lowest BCUT2D eigenvalue weighted by atomic mass is 10.1. The van der Waals surface area contributed by atoms with Gasteiger partial charge in [-0.15, -0.1) is 0 Å². The van der Waals surface area contributed by atoms with E-state index in [2.05, 4.69) is 34.1 Å².